The summed E-state index contributed by atoms with van der Waals surface area (Å²) in [6.07, 6.45) is 5.92. The van der Waals surface area contributed by atoms with Crippen LogP contribution in [-0.4, -0.2) is 12.6 Å². The number of hydrogen-bond acceptors (Lipinski definition) is 4. The first-order valence-corrected chi connectivity index (χ1v) is 7.06. The van der Waals surface area contributed by atoms with E-state index in [2.05, 4.69) is 6.92 Å². The van der Waals surface area contributed by atoms with Gasteiger partial charge in [-0.25, -0.2) is 4.79 Å². The molecule has 0 aliphatic heterocycles. The maximum Gasteiger partial charge on any atom is 0.341 e. The number of aryl methyl sites for hydroxylation is 1. The molecule has 1 aromatic rings. The monoisotopic (exact) mass is 255 g/mol. The highest BCUT2D eigenvalue weighted by Gasteiger charge is 2.14. The van der Waals surface area contributed by atoms with E-state index in [1.807, 2.05) is 6.07 Å². The normalized spacial score (nSPS) is 10.5. The average Bonchev–Trinajstić information content (AvgIpc) is 2.66. The molecule has 0 saturated carbocycles. The lowest BCUT2D eigenvalue weighted by Crippen LogP contribution is -2.05. The van der Waals surface area contributed by atoms with Crippen LogP contribution in [0.25, 0.3) is 0 Å². The van der Waals surface area contributed by atoms with Gasteiger partial charge in [-0.15, -0.1) is 11.3 Å². The number of ether oxygens (including phenoxy) is 1. The van der Waals surface area contributed by atoms with Crippen molar-refractivity contribution in [3.05, 3.63) is 16.5 Å². The molecule has 0 atom stereocenters. The van der Waals surface area contributed by atoms with Crippen LogP contribution in [0.3, 0.4) is 0 Å². The predicted molar refractivity (Wildman–Crippen MR) is 72.5 cm³/mol. The van der Waals surface area contributed by atoms with E-state index in [0.29, 0.717) is 17.2 Å². The van der Waals surface area contributed by atoms with Crippen molar-refractivity contribution >= 4 is 22.3 Å². The van der Waals surface area contributed by atoms with E-state index in [1.54, 1.807) is 6.92 Å². The molecule has 96 valence electrons. The molecule has 4 heteroatoms. The molecule has 0 unspecified atom stereocenters. The lowest BCUT2D eigenvalue weighted by Gasteiger charge is -1.98. The van der Waals surface area contributed by atoms with Gasteiger partial charge in [0.05, 0.1) is 12.2 Å². The minimum atomic E-state index is -0.305. The first kappa shape index (κ1) is 14.0. The summed E-state index contributed by atoms with van der Waals surface area (Å²) in [6.45, 7) is 4.38. The van der Waals surface area contributed by atoms with Crippen LogP contribution in [0.5, 0.6) is 0 Å². The zero-order valence-electron chi connectivity index (χ0n) is 10.6. The number of thiophene rings is 1. The summed E-state index contributed by atoms with van der Waals surface area (Å²) in [6, 6.07) is 1.88. The van der Waals surface area contributed by atoms with Crippen molar-refractivity contribution in [1.82, 2.24) is 0 Å². The Morgan fingerprint density at radius 2 is 2.12 bits per heavy atom. The van der Waals surface area contributed by atoms with Crippen LogP contribution in [0.2, 0.25) is 0 Å². The zero-order chi connectivity index (χ0) is 12.7. The van der Waals surface area contributed by atoms with Crippen molar-refractivity contribution in [3.63, 3.8) is 0 Å². The van der Waals surface area contributed by atoms with Gasteiger partial charge in [0, 0.05) is 4.88 Å². The SMILES string of the molecule is CCCCCCc1cc(C(=O)OCC)c(N)s1. The number of rotatable bonds is 7. The maximum absolute atomic E-state index is 11.6. The molecule has 0 spiro atoms. The van der Waals surface area contributed by atoms with Gasteiger partial charge in [0.2, 0.25) is 0 Å². The molecule has 0 fully saturated rings. The molecule has 0 aliphatic rings. The fraction of sp³-hybridized carbons (Fsp3) is 0.615. The Bertz CT molecular complexity index is 360. The molecule has 0 aliphatic carbocycles. The van der Waals surface area contributed by atoms with Crippen molar-refractivity contribution in [1.29, 1.82) is 0 Å². The van der Waals surface area contributed by atoms with E-state index in [4.69, 9.17) is 10.5 Å². The zero-order valence-corrected chi connectivity index (χ0v) is 11.4. The highest BCUT2D eigenvalue weighted by molar-refractivity contribution is 7.16. The standard InChI is InChI=1S/C13H21NO2S/c1-3-5-6-7-8-10-9-11(12(14)17-10)13(15)16-4-2/h9H,3-8,14H2,1-2H3. The molecule has 2 N–H and O–H groups in total. The second-order valence-corrected chi connectivity index (χ2v) is 5.19. The van der Waals surface area contributed by atoms with Gasteiger partial charge in [0.15, 0.2) is 0 Å². The molecular formula is C13H21NO2S. The van der Waals surface area contributed by atoms with E-state index in [0.717, 1.165) is 12.8 Å². The minimum Gasteiger partial charge on any atom is -0.462 e. The van der Waals surface area contributed by atoms with E-state index in [9.17, 15) is 4.79 Å². The highest BCUT2D eigenvalue weighted by Crippen LogP contribution is 2.27. The number of esters is 1. The Labute approximate surface area is 107 Å². The molecule has 1 aromatic heterocycles. The second-order valence-electron chi connectivity index (χ2n) is 4.02. The van der Waals surface area contributed by atoms with Crippen molar-refractivity contribution in [2.75, 3.05) is 12.3 Å². The molecule has 0 saturated heterocycles. The molecular weight excluding hydrogens is 234 g/mol. The number of anilines is 1. The third kappa shape index (κ3) is 4.38. The summed E-state index contributed by atoms with van der Waals surface area (Å²) in [5.74, 6) is -0.305. The van der Waals surface area contributed by atoms with Crippen LogP contribution in [0, 0.1) is 0 Å². The molecule has 0 aromatic carbocycles. The van der Waals surface area contributed by atoms with Gasteiger partial charge in [0.25, 0.3) is 0 Å². The summed E-state index contributed by atoms with van der Waals surface area (Å²) in [5, 5.41) is 0.578. The predicted octanol–water partition coefficient (Wildman–Crippen LogP) is 3.63. The third-order valence-corrected chi connectivity index (χ3v) is 3.61. The van der Waals surface area contributed by atoms with Crippen LogP contribution < -0.4 is 5.73 Å². The second kappa shape index (κ2) is 7.33. The summed E-state index contributed by atoms with van der Waals surface area (Å²) >= 11 is 1.50. The lowest BCUT2D eigenvalue weighted by molar-refractivity contribution is 0.0528. The minimum absolute atomic E-state index is 0.305. The van der Waals surface area contributed by atoms with E-state index >= 15 is 0 Å². The number of unbranched alkanes of at least 4 members (excludes halogenated alkanes) is 3. The van der Waals surface area contributed by atoms with Gasteiger partial charge in [-0.2, -0.15) is 0 Å². The van der Waals surface area contributed by atoms with Gasteiger partial charge < -0.3 is 10.5 Å². The van der Waals surface area contributed by atoms with Crippen LogP contribution in [0.4, 0.5) is 5.00 Å². The maximum atomic E-state index is 11.6. The Morgan fingerprint density at radius 3 is 2.76 bits per heavy atom. The van der Waals surface area contributed by atoms with Crippen LogP contribution in [-0.2, 0) is 11.2 Å². The highest BCUT2D eigenvalue weighted by atomic mass is 32.1. The summed E-state index contributed by atoms with van der Waals surface area (Å²) in [7, 11) is 0. The van der Waals surface area contributed by atoms with Gasteiger partial charge in [-0.05, 0) is 25.8 Å². The van der Waals surface area contributed by atoms with Gasteiger partial charge >= 0.3 is 5.97 Å². The number of hydrogen-bond donors (Lipinski definition) is 1. The lowest BCUT2D eigenvalue weighted by atomic mass is 10.1. The molecule has 1 rings (SSSR count). The molecule has 1 heterocycles. The smallest absolute Gasteiger partial charge is 0.341 e. The molecule has 3 nitrogen and oxygen atoms in total. The first-order chi connectivity index (χ1) is 8.19. The van der Waals surface area contributed by atoms with Gasteiger partial charge in [-0.1, -0.05) is 26.2 Å². The number of nitrogens with two attached hydrogens (primary N) is 1. The fourth-order valence-corrected chi connectivity index (χ4v) is 2.63. The Balaban J connectivity index is 2.52. The number of carbonyl (C=O) groups excluding carboxylic acids is 1. The summed E-state index contributed by atoms with van der Waals surface area (Å²) in [5.41, 5.74) is 6.35. The van der Waals surface area contributed by atoms with Crippen molar-refractivity contribution in [2.45, 2.75) is 46.0 Å². The first-order valence-electron chi connectivity index (χ1n) is 6.24. The topological polar surface area (TPSA) is 52.3 Å². The van der Waals surface area contributed by atoms with Crippen molar-refractivity contribution in [2.24, 2.45) is 0 Å². The summed E-state index contributed by atoms with van der Waals surface area (Å²) < 4.78 is 4.95. The van der Waals surface area contributed by atoms with Crippen LogP contribution in [0.15, 0.2) is 6.07 Å². The van der Waals surface area contributed by atoms with Crippen LogP contribution in [0.1, 0.15) is 54.8 Å². The largest absolute Gasteiger partial charge is 0.462 e. The van der Waals surface area contributed by atoms with E-state index in [1.165, 1.54) is 35.5 Å². The van der Waals surface area contributed by atoms with E-state index < -0.39 is 0 Å². The van der Waals surface area contributed by atoms with Crippen molar-refractivity contribution in [3.8, 4) is 0 Å². The van der Waals surface area contributed by atoms with E-state index in [-0.39, 0.29) is 5.97 Å². The Kier molecular flexibility index (Phi) is 6.05. The van der Waals surface area contributed by atoms with Crippen LogP contribution >= 0.6 is 11.3 Å². The molecule has 0 radical (unpaired) electrons. The fourth-order valence-electron chi connectivity index (χ4n) is 1.68. The Hall–Kier alpha value is -1.03. The van der Waals surface area contributed by atoms with Gasteiger partial charge in [-0.3, -0.25) is 0 Å². The number of nitrogen functional groups attached to an aromatic ring is 1. The average molecular weight is 255 g/mol. The Morgan fingerprint density at radius 1 is 1.35 bits per heavy atom. The number of carbonyl (C=O) groups is 1. The molecule has 0 bridgehead atoms. The molecule has 17 heavy (non-hydrogen) atoms. The van der Waals surface area contributed by atoms with Gasteiger partial charge in [0.1, 0.15) is 5.00 Å². The third-order valence-electron chi connectivity index (χ3n) is 2.58. The van der Waals surface area contributed by atoms with Crippen molar-refractivity contribution < 1.29 is 9.53 Å². The quantitative estimate of drug-likeness (QED) is 0.598. The summed E-state index contributed by atoms with van der Waals surface area (Å²) in [4.78, 5) is 12.7. The molecule has 0 amide bonds.